The summed E-state index contributed by atoms with van der Waals surface area (Å²) in [4.78, 5) is 8.31. The van der Waals surface area contributed by atoms with E-state index in [0.29, 0.717) is 13.2 Å². The molecule has 0 spiro atoms. The second kappa shape index (κ2) is 5.41. The van der Waals surface area contributed by atoms with E-state index in [-0.39, 0.29) is 0 Å². The van der Waals surface area contributed by atoms with Gasteiger partial charge in [0.05, 0.1) is 12.8 Å². The summed E-state index contributed by atoms with van der Waals surface area (Å²) in [5, 5.41) is 0. The maximum absolute atomic E-state index is 5.59. The van der Waals surface area contributed by atoms with Gasteiger partial charge in [0.1, 0.15) is 5.75 Å². The molecule has 0 aliphatic heterocycles. The quantitative estimate of drug-likeness (QED) is 0.871. The van der Waals surface area contributed by atoms with Gasteiger partial charge < -0.3 is 10.5 Å². The largest absolute Gasteiger partial charge is 0.492 e. The van der Waals surface area contributed by atoms with Crippen molar-refractivity contribution in [2.75, 3.05) is 6.61 Å². The first-order valence-corrected chi connectivity index (χ1v) is 5.55. The lowest BCUT2D eigenvalue weighted by Crippen LogP contribution is -1.97. The van der Waals surface area contributed by atoms with Crippen molar-refractivity contribution in [2.45, 2.75) is 13.5 Å². The number of hydrogen-bond acceptors (Lipinski definition) is 4. The molecular weight excluding hydrogens is 214 g/mol. The van der Waals surface area contributed by atoms with Crippen molar-refractivity contribution in [3.63, 3.8) is 0 Å². The molecule has 4 heteroatoms. The number of pyridine rings is 2. The SMILES string of the molecule is CCOc1cncc(-c2cncc(CN)c2)c1. The Kier molecular flexibility index (Phi) is 3.67. The third kappa shape index (κ3) is 2.79. The van der Waals surface area contributed by atoms with E-state index in [9.17, 15) is 0 Å². The van der Waals surface area contributed by atoms with E-state index in [1.54, 1.807) is 24.8 Å². The molecule has 0 bridgehead atoms. The van der Waals surface area contributed by atoms with Gasteiger partial charge in [-0.15, -0.1) is 0 Å². The number of nitrogens with two attached hydrogens (primary N) is 1. The van der Waals surface area contributed by atoms with Crippen molar-refractivity contribution >= 4 is 0 Å². The number of aromatic nitrogens is 2. The molecule has 0 atom stereocenters. The molecule has 4 nitrogen and oxygen atoms in total. The molecule has 2 heterocycles. The third-order valence-corrected chi connectivity index (χ3v) is 2.39. The van der Waals surface area contributed by atoms with E-state index < -0.39 is 0 Å². The fourth-order valence-electron chi connectivity index (χ4n) is 1.58. The number of nitrogens with zero attached hydrogens (tertiary/aromatic N) is 2. The molecule has 0 amide bonds. The van der Waals surface area contributed by atoms with E-state index in [2.05, 4.69) is 9.97 Å². The zero-order valence-electron chi connectivity index (χ0n) is 9.76. The van der Waals surface area contributed by atoms with Crippen LogP contribution in [-0.2, 0) is 6.54 Å². The Morgan fingerprint density at radius 1 is 1.06 bits per heavy atom. The maximum atomic E-state index is 5.59. The molecule has 2 aromatic heterocycles. The molecular formula is C13H15N3O. The Hall–Kier alpha value is -1.94. The minimum absolute atomic E-state index is 0.486. The van der Waals surface area contributed by atoms with Gasteiger partial charge in [0.15, 0.2) is 0 Å². The Balaban J connectivity index is 2.34. The molecule has 0 fully saturated rings. The van der Waals surface area contributed by atoms with Gasteiger partial charge in [0.2, 0.25) is 0 Å². The molecule has 17 heavy (non-hydrogen) atoms. The molecule has 2 rings (SSSR count). The molecule has 0 saturated heterocycles. The standard InChI is InChI=1S/C13H15N3O/c1-2-17-13-4-12(8-16-9-13)11-3-10(5-14)6-15-7-11/h3-4,6-9H,2,5,14H2,1H3. The lowest BCUT2D eigenvalue weighted by atomic mass is 10.1. The Morgan fingerprint density at radius 3 is 2.47 bits per heavy atom. The molecule has 0 saturated carbocycles. The van der Waals surface area contributed by atoms with Crippen molar-refractivity contribution in [1.29, 1.82) is 0 Å². The first-order chi connectivity index (χ1) is 8.33. The first-order valence-electron chi connectivity index (χ1n) is 5.55. The van der Waals surface area contributed by atoms with Crippen LogP contribution in [0.4, 0.5) is 0 Å². The van der Waals surface area contributed by atoms with Crippen LogP contribution in [0.3, 0.4) is 0 Å². The molecule has 2 aromatic rings. The molecule has 88 valence electrons. The molecule has 0 aliphatic carbocycles. The van der Waals surface area contributed by atoms with Gasteiger partial charge in [-0.1, -0.05) is 0 Å². The van der Waals surface area contributed by atoms with Crippen LogP contribution in [0.1, 0.15) is 12.5 Å². The summed E-state index contributed by atoms with van der Waals surface area (Å²) in [5.74, 6) is 0.767. The second-order valence-electron chi connectivity index (χ2n) is 3.63. The van der Waals surface area contributed by atoms with Crippen molar-refractivity contribution in [3.8, 4) is 16.9 Å². The first kappa shape index (κ1) is 11.5. The van der Waals surface area contributed by atoms with Gasteiger partial charge in [-0.05, 0) is 24.6 Å². The van der Waals surface area contributed by atoms with E-state index >= 15 is 0 Å². The number of hydrogen-bond donors (Lipinski definition) is 1. The average molecular weight is 229 g/mol. The Morgan fingerprint density at radius 2 is 1.76 bits per heavy atom. The minimum atomic E-state index is 0.486. The number of ether oxygens (including phenoxy) is 1. The summed E-state index contributed by atoms with van der Waals surface area (Å²) >= 11 is 0. The summed E-state index contributed by atoms with van der Waals surface area (Å²) in [6, 6.07) is 3.97. The van der Waals surface area contributed by atoms with E-state index in [1.807, 2.05) is 19.1 Å². The topological polar surface area (TPSA) is 61.0 Å². The van der Waals surface area contributed by atoms with Gasteiger partial charge in [-0.2, -0.15) is 0 Å². The Labute approximate surface area is 100 Å². The predicted octanol–water partition coefficient (Wildman–Crippen LogP) is 2.00. The van der Waals surface area contributed by atoms with Gasteiger partial charge >= 0.3 is 0 Å². The van der Waals surface area contributed by atoms with Gasteiger partial charge in [-0.3, -0.25) is 9.97 Å². The average Bonchev–Trinajstić information content (AvgIpc) is 2.40. The summed E-state index contributed by atoms with van der Waals surface area (Å²) in [7, 11) is 0. The highest BCUT2D eigenvalue weighted by Gasteiger charge is 2.02. The third-order valence-electron chi connectivity index (χ3n) is 2.39. The van der Waals surface area contributed by atoms with Crippen LogP contribution in [0.5, 0.6) is 5.75 Å². The number of rotatable bonds is 4. The van der Waals surface area contributed by atoms with Gasteiger partial charge in [0.25, 0.3) is 0 Å². The molecule has 0 aliphatic rings. The Bertz CT molecular complexity index is 500. The summed E-state index contributed by atoms with van der Waals surface area (Å²) in [5.41, 5.74) is 8.58. The highest BCUT2D eigenvalue weighted by molar-refractivity contribution is 5.63. The van der Waals surface area contributed by atoms with Crippen molar-refractivity contribution in [3.05, 3.63) is 42.5 Å². The lowest BCUT2D eigenvalue weighted by molar-refractivity contribution is 0.339. The summed E-state index contributed by atoms with van der Waals surface area (Å²) in [6.07, 6.45) is 7.06. The highest BCUT2D eigenvalue weighted by Crippen LogP contribution is 2.22. The van der Waals surface area contributed by atoms with Gasteiger partial charge in [-0.25, -0.2) is 0 Å². The van der Waals surface area contributed by atoms with Crippen LogP contribution in [-0.4, -0.2) is 16.6 Å². The molecule has 0 radical (unpaired) electrons. The summed E-state index contributed by atoms with van der Waals surface area (Å²) in [6.45, 7) is 3.06. The fourth-order valence-corrected chi connectivity index (χ4v) is 1.58. The highest BCUT2D eigenvalue weighted by atomic mass is 16.5. The molecule has 0 aromatic carbocycles. The van der Waals surface area contributed by atoms with Crippen LogP contribution in [0.2, 0.25) is 0 Å². The van der Waals surface area contributed by atoms with Crippen LogP contribution in [0, 0.1) is 0 Å². The fraction of sp³-hybridized carbons (Fsp3) is 0.231. The van der Waals surface area contributed by atoms with Crippen LogP contribution >= 0.6 is 0 Å². The second-order valence-corrected chi connectivity index (χ2v) is 3.63. The van der Waals surface area contributed by atoms with Crippen LogP contribution in [0.15, 0.2) is 36.9 Å². The summed E-state index contributed by atoms with van der Waals surface area (Å²) < 4.78 is 5.42. The van der Waals surface area contributed by atoms with E-state index in [4.69, 9.17) is 10.5 Å². The van der Waals surface area contributed by atoms with Crippen LogP contribution in [0.25, 0.3) is 11.1 Å². The predicted molar refractivity (Wildman–Crippen MR) is 66.5 cm³/mol. The maximum Gasteiger partial charge on any atom is 0.138 e. The normalized spacial score (nSPS) is 10.2. The lowest BCUT2D eigenvalue weighted by Gasteiger charge is -2.06. The van der Waals surface area contributed by atoms with Crippen molar-refractivity contribution in [1.82, 2.24) is 9.97 Å². The zero-order valence-corrected chi connectivity index (χ0v) is 9.76. The molecule has 2 N–H and O–H groups in total. The van der Waals surface area contributed by atoms with Crippen LogP contribution < -0.4 is 10.5 Å². The zero-order chi connectivity index (χ0) is 12.1. The van der Waals surface area contributed by atoms with E-state index in [0.717, 1.165) is 22.4 Å². The van der Waals surface area contributed by atoms with Gasteiger partial charge in [0, 0.05) is 36.3 Å². The molecule has 0 unspecified atom stereocenters. The van der Waals surface area contributed by atoms with Crippen molar-refractivity contribution < 1.29 is 4.74 Å². The van der Waals surface area contributed by atoms with Crippen molar-refractivity contribution in [2.24, 2.45) is 5.73 Å². The monoisotopic (exact) mass is 229 g/mol. The van der Waals surface area contributed by atoms with E-state index in [1.165, 1.54) is 0 Å². The smallest absolute Gasteiger partial charge is 0.138 e. The minimum Gasteiger partial charge on any atom is -0.492 e.